The molecule has 0 aromatic carbocycles. The zero-order valence-electron chi connectivity index (χ0n) is 5.72. The van der Waals surface area contributed by atoms with Crippen LogP contribution in [0.3, 0.4) is 0 Å². The zero-order valence-corrected chi connectivity index (χ0v) is 5.72. The van der Waals surface area contributed by atoms with Gasteiger partial charge in [0.1, 0.15) is 0 Å². The van der Waals surface area contributed by atoms with Gasteiger partial charge in [-0.2, -0.15) is 0 Å². The molecular formula is C5H13BN2O. The predicted molar refractivity (Wildman–Crippen MR) is 38.2 cm³/mol. The molecule has 0 amide bonds. The van der Waals surface area contributed by atoms with E-state index in [9.17, 15) is 0 Å². The van der Waals surface area contributed by atoms with Gasteiger partial charge in [-0.3, -0.25) is 0 Å². The van der Waals surface area contributed by atoms with Gasteiger partial charge in [0.05, 0.1) is 0 Å². The Hall–Kier alpha value is -0.0551. The Morgan fingerprint density at radius 3 is 3.00 bits per heavy atom. The summed E-state index contributed by atoms with van der Waals surface area (Å²) in [5, 5.41) is 15.1. The van der Waals surface area contributed by atoms with Gasteiger partial charge in [-0.25, -0.2) is 0 Å². The van der Waals surface area contributed by atoms with Gasteiger partial charge in [0.25, 0.3) is 0 Å². The quantitative estimate of drug-likeness (QED) is 0.420. The van der Waals surface area contributed by atoms with E-state index in [2.05, 4.69) is 10.5 Å². The lowest BCUT2D eigenvalue weighted by atomic mass is 9.87. The number of nitrogens with one attached hydrogen (secondary N) is 2. The Bertz CT molecular complexity index is 83.0. The third kappa shape index (κ3) is 2.34. The summed E-state index contributed by atoms with van der Waals surface area (Å²) in [6.45, 7) is 3.81. The van der Waals surface area contributed by atoms with Crippen LogP contribution in [0.5, 0.6) is 0 Å². The van der Waals surface area contributed by atoms with E-state index in [1.165, 1.54) is 0 Å². The van der Waals surface area contributed by atoms with Crippen LogP contribution in [0.1, 0.15) is 6.42 Å². The molecule has 3 nitrogen and oxygen atoms in total. The van der Waals surface area contributed by atoms with Crippen LogP contribution in [0.25, 0.3) is 0 Å². The summed E-state index contributed by atoms with van der Waals surface area (Å²) in [6.07, 6.45) is 1.13. The monoisotopic (exact) mass is 128 g/mol. The predicted octanol–water partition coefficient (Wildman–Crippen LogP) is -0.952. The molecule has 1 fully saturated rings. The van der Waals surface area contributed by atoms with Crippen molar-refractivity contribution in [1.29, 1.82) is 0 Å². The molecule has 4 heteroatoms. The largest absolute Gasteiger partial charge is 0.437 e. The van der Waals surface area contributed by atoms with Gasteiger partial charge < -0.3 is 15.6 Å². The van der Waals surface area contributed by atoms with Gasteiger partial charge in [-0.05, 0) is 19.8 Å². The number of hydrogen-bond acceptors (Lipinski definition) is 3. The zero-order chi connectivity index (χ0) is 6.69. The first kappa shape index (κ1) is 7.06. The summed E-state index contributed by atoms with van der Waals surface area (Å²) in [4.78, 5) is 0. The van der Waals surface area contributed by atoms with Crippen LogP contribution in [0, 0.1) is 0 Å². The van der Waals surface area contributed by atoms with Crippen LogP contribution < -0.4 is 10.5 Å². The lowest BCUT2D eigenvalue weighted by Gasteiger charge is -2.09. The van der Waals surface area contributed by atoms with Crippen molar-refractivity contribution in [2.24, 2.45) is 0 Å². The average molecular weight is 128 g/mol. The van der Waals surface area contributed by atoms with Gasteiger partial charge in [0.2, 0.25) is 0 Å². The molecular weight excluding hydrogens is 115 g/mol. The fourth-order valence-corrected chi connectivity index (χ4v) is 1.14. The minimum atomic E-state index is -0.366. The SMILES string of the molecule is CB(O)N[C@H]1CCNC1. The molecule has 1 rings (SSSR count). The Morgan fingerprint density at radius 1 is 1.78 bits per heavy atom. The molecule has 0 spiro atoms. The summed E-state index contributed by atoms with van der Waals surface area (Å²) in [6, 6.07) is 0.477. The van der Waals surface area contributed by atoms with Crippen molar-refractivity contribution in [2.45, 2.75) is 19.3 Å². The second-order valence-electron chi connectivity index (χ2n) is 2.53. The molecule has 1 heterocycles. The third-order valence-electron chi connectivity index (χ3n) is 1.54. The third-order valence-corrected chi connectivity index (χ3v) is 1.54. The highest BCUT2D eigenvalue weighted by molar-refractivity contribution is 6.45. The number of rotatable bonds is 2. The Morgan fingerprint density at radius 2 is 2.56 bits per heavy atom. The average Bonchev–Trinajstić information content (AvgIpc) is 2.15. The van der Waals surface area contributed by atoms with Crippen LogP contribution in [0.2, 0.25) is 6.82 Å². The molecule has 3 N–H and O–H groups in total. The maximum Gasteiger partial charge on any atom is 0.373 e. The first-order valence-electron chi connectivity index (χ1n) is 3.44. The molecule has 0 aromatic heterocycles. The standard InChI is InChI=1S/C5H13BN2O/c1-6(9)8-5-2-3-7-4-5/h5,7-9H,2-4H2,1H3/t5-/m0/s1. The molecule has 1 aliphatic heterocycles. The molecule has 1 atom stereocenters. The van der Waals surface area contributed by atoms with Crippen molar-refractivity contribution >= 4 is 7.05 Å². The highest BCUT2D eigenvalue weighted by Crippen LogP contribution is 1.95. The lowest BCUT2D eigenvalue weighted by Crippen LogP contribution is -2.40. The van der Waals surface area contributed by atoms with Crippen molar-refractivity contribution in [3.8, 4) is 0 Å². The lowest BCUT2D eigenvalue weighted by molar-refractivity contribution is 0.526. The maximum absolute atomic E-state index is 8.87. The van der Waals surface area contributed by atoms with Crippen molar-refractivity contribution < 1.29 is 5.02 Å². The summed E-state index contributed by atoms with van der Waals surface area (Å²) in [7, 11) is -0.366. The molecule has 0 aromatic rings. The first-order valence-corrected chi connectivity index (χ1v) is 3.44. The van der Waals surface area contributed by atoms with Crippen molar-refractivity contribution in [3.05, 3.63) is 0 Å². The van der Waals surface area contributed by atoms with E-state index in [1.807, 2.05) is 0 Å². The van der Waals surface area contributed by atoms with Crippen molar-refractivity contribution in [2.75, 3.05) is 13.1 Å². The van der Waals surface area contributed by atoms with Crippen LogP contribution in [-0.2, 0) is 0 Å². The molecule has 9 heavy (non-hydrogen) atoms. The van der Waals surface area contributed by atoms with E-state index >= 15 is 0 Å². The number of hydrogen-bond donors (Lipinski definition) is 3. The maximum atomic E-state index is 8.87. The summed E-state index contributed by atoms with van der Waals surface area (Å²) in [5.41, 5.74) is 0. The molecule has 0 unspecified atom stereocenters. The fourth-order valence-electron chi connectivity index (χ4n) is 1.14. The van der Waals surface area contributed by atoms with Gasteiger partial charge in [0.15, 0.2) is 0 Å². The van der Waals surface area contributed by atoms with Gasteiger partial charge in [-0.15, -0.1) is 0 Å². The second-order valence-corrected chi connectivity index (χ2v) is 2.53. The van der Waals surface area contributed by atoms with Crippen LogP contribution >= 0.6 is 0 Å². The van der Waals surface area contributed by atoms with E-state index < -0.39 is 0 Å². The minimum Gasteiger partial charge on any atom is -0.437 e. The van der Waals surface area contributed by atoms with E-state index in [4.69, 9.17) is 5.02 Å². The van der Waals surface area contributed by atoms with Gasteiger partial charge in [-0.1, -0.05) is 0 Å². The molecule has 0 aliphatic carbocycles. The van der Waals surface area contributed by atoms with E-state index in [-0.39, 0.29) is 7.05 Å². The molecule has 0 saturated carbocycles. The molecule has 52 valence electrons. The smallest absolute Gasteiger partial charge is 0.373 e. The first-order chi connectivity index (χ1) is 4.29. The van der Waals surface area contributed by atoms with Crippen LogP contribution in [0.15, 0.2) is 0 Å². The van der Waals surface area contributed by atoms with Crippen molar-refractivity contribution in [1.82, 2.24) is 10.5 Å². The van der Waals surface area contributed by atoms with Gasteiger partial charge in [0, 0.05) is 12.6 Å². The fraction of sp³-hybridized carbons (Fsp3) is 1.00. The van der Waals surface area contributed by atoms with Crippen LogP contribution in [-0.4, -0.2) is 31.2 Å². The van der Waals surface area contributed by atoms with Crippen LogP contribution in [0.4, 0.5) is 0 Å². The Labute approximate surface area is 56.0 Å². The summed E-state index contributed by atoms with van der Waals surface area (Å²) >= 11 is 0. The summed E-state index contributed by atoms with van der Waals surface area (Å²) < 4.78 is 0. The molecule has 1 saturated heterocycles. The highest BCUT2D eigenvalue weighted by Gasteiger charge is 2.16. The Kier molecular flexibility index (Phi) is 2.51. The topological polar surface area (TPSA) is 44.3 Å². The Balaban J connectivity index is 2.11. The normalized spacial score (nSPS) is 26.7. The molecule has 0 radical (unpaired) electrons. The highest BCUT2D eigenvalue weighted by atomic mass is 16.2. The van der Waals surface area contributed by atoms with Crippen molar-refractivity contribution in [3.63, 3.8) is 0 Å². The summed E-state index contributed by atoms with van der Waals surface area (Å²) in [5.74, 6) is 0. The van der Waals surface area contributed by atoms with E-state index in [1.54, 1.807) is 6.82 Å². The second kappa shape index (κ2) is 3.20. The van der Waals surface area contributed by atoms with E-state index in [0.717, 1.165) is 19.5 Å². The van der Waals surface area contributed by atoms with E-state index in [0.29, 0.717) is 6.04 Å². The molecule has 1 aliphatic rings. The molecule has 0 bridgehead atoms. The minimum absolute atomic E-state index is 0.366. The van der Waals surface area contributed by atoms with Gasteiger partial charge >= 0.3 is 7.05 Å².